The highest BCUT2D eigenvalue weighted by atomic mass is 16.5. The Morgan fingerprint density at radius 2 is 1.76 bits per heavy atom. The zero-order chi connectivity index (χ0) is 24.1. The number of carbonyl (C=O) groups excluding carboxylic acids is 2. The van der Waals surface area contributed by atoms with E-state index in [0.717, 1.165) is 22.3 Å². The second kappa shape index (κ2) is 10.7. The lowest BCUT2D eigenvalue weighted by molar-refractivity contribution is -0.153. The highest BCUT2D eigenvalue weighted by Crippen LogP contribution is 2.44. The van der Waals surface area contributed by atoms with E-state index < -0.39 is 30.1 Å². The number of methoxy groups -OCH3 is 1. The molecule has 34 heavy (non-hydrogen) atoms. The minimum Gasteiger partial charge on any atom is -0.481 e. The molecule has 0 bridgehead atoms. The summed E-state index contributed by atoms with van der Waals surface area (Å²) >= 11 is 0. The summed E-state index contributed by atoms with van der Waals surface area (Å²) in [7, 11) is 1.37. The van der Waals surface area contributed by atoms with E-state index in [9.17, 15) is 14.4 Å². The van der Waals surface area contributed by atoms with Crippen LogP contribution in [0.15, 0.2) is 48.5 Å². The highest BCUT2D eigenvalue weighted by Gasteiger charge is 2.34. The number of carboxylic acids is 1. The second-order valence-corrected chi connectivity index (χ2v) is 8.29. The van der Waals surface area contributed by atoms with Crippen LogP contribution in [0.1, 0.15) is 23.5 Å². The average molecular weight is 469 g/mol. The quantitative estimate of drug-likeness (QED) is 0.611. The van der Waals surface area contributed by atoms with Crippen molar-refractivity contribution >= 4 is 18.0 Å². The van der Waals surface area contributed by atoms with Crippen molar-refractivity contribution in [3.8, 4) is 11.1 Å². The van der Waals surface area contributed by atoms with E-state index in [1.54, 1.807) is 0 Å². The monoisotopic (exact) mass is 468 g/mol. The maximum absolute atomic E-state index is 12.9. The molecule has 2 aromatic carbocycles. The molecule has 9 heteroatoms. The van der Waals surface area contributed by atoms with Crippen LogP contribution in [0.25, 0.3) is 11.1 Å². The molecule has 2 unspecified atom stereocenters. The van der Waals surface area contributed by atoms with E-state index in [0.29, 0.717) is 6.61 Å². The van der Waals surface area contributed by atoms with Crippen LogP contribution in [-0.2, 0) is 23.8 Å². The van der Waals surface area contributed by atoms with Gasteiger partial charge in [-0.15, -0.1) is 0 Å². The molecule has 2 aromatic rings. The van der Waals surface area contributed by atoms with Gasteiger partial charge in [0.05, 0.1) is 32.2 Å². The standard InChI is InChI=1S/C25H28N2O7/c1-32-22(24(30)27-10-11-33-14-16(27)12-23(28)29)13-26-25(31)34-15-21-19-8-4-2-6-17(19)18-7-3-5-9-20(18)21/h2-9,16,21-22H,10-15H2,1H3,(H,26,31)(H,28,29). The van der Waals surface area contributed by atoms with Crippen LogP contribution < -0.4 is 5.32 Å². The van der Waals surface area contributed by atoms with Crippen LogP contribution in [0, 0.1) is 0 Å². The molecular formula is C25H28N2O7. The molecular weight excluding hydrogens is 440 g/mol. The number of amides is 2. The van der Waals surface area contributed by atoms with E-state index in [4.69, 9.17) is 19.3 Å². The minimum absolute atomic E-state index is 0.0665. The SMILES string of the molecule is COC(CNC(=O)OCC1c2ccccc2-c2ccccc21)C(=O)N1CCOCC1CC(=O)O. The summed E-state index contributed by atoms with van der Waals surface area (Å²) in [5.41, 5.74) is 4.49. The number of fused-ring (bicyclic) bond motifs is 3. The lowest BCUT2D eigenvalue weighted by Crippen LogP contribution is -2.55. The third-order valence-corrected chi connectivity index (χ3v) is 6.26. The fraction of sp³-hybridized carbons (Fsp3) is 0.400. The first-order chi connectivity index (χ1) is 16.5. The van der Waals surface area contributed by atoms with Gasteiger partial charge in [-0.05, 0) is 22.3 Å². The number of morpholine rings is 1. The van der Waals surface area contributed by atoms with Gasteiger partial charge < -0.3 is 29.5 Å². The molecule has 2 N–H and O–H groups in total. The predicted molar refractivity (Wildman–Crippen MR) is 122 cm³/mol. The number of carboxylic acid groups (broad SMARTS) is 1. The largest absolute Gasteiger partial charge is 0.481 e. The number of hydrogen-bond acceptors (Lipinski definition) is 6. The molecule has 1 heterocycles. The number of benzene rings is 2. The van der Waals surface area contributed by atoms with Crippen LogP contribution in [0.4, 0.5) is 4.79 Å². The topological polar surface area (TPSA) is 114 Å². The molecule has 1 saturated heterocycles. The van der Waals surface area contributed by atoms with Crippen molar-refractivity contribution in [2.24, 2.45) is 0 Å². The molecule has 2 aliphatic rings. The van der Waals surface area contributed by atoms with Crippen LogP contribution in [-0.4, -0.2) is 80.1 Å². The fourth-order valence-corrected chi connectivity index (χ4v) is 4.60. The van der Waals surface area contributed by atoms with Crippen LogP contribution >= 0.6 is 0 Å². The number of nitrogens with one attached hydrogen (secondary N) is 1. The molecule has 1 fully saturated rings. The maximum atomic E-state index is 12.9. The van der Waals surface area contributed by atoms with E-state index in [-0.39, 0.29) is 38.6 Å². The number of nitrogens with zero attached hydrogens (tertiary/aromatic N) is 1. The Hall–Kier alpha value is -3.43. The Morgan fingerprint density at radius 3 is 2.38 bits per heavy atom. The number of hydrogen-bond donors (Lipinski definition) is 2. The van der Waals surface area contributed by atoms with Gasteiger partial charge in [0.1, 0.15) is 6.61 Å². The van der Waals surface area contributed by atoms with Gasteiger partial charge in [-0.25, -0.2) is 4.79 Å². The van der Waals surface area contributed by atoms with Gasteiger partial charge in [-0.1, -0.05) is 48.5 Å². The third-order valence-electron chi connectivity index (χ3n) is 6.26. The molecule has 1 aliphatic carbocycles. The predicted octanol–water partition coefficient (Wildman–Crippen LogP) is 2.24. The molecule has 1 aliphatic heterocycles. The number of rotatable bonds is 8. The first kappa shape index (κ1) is 23.7. The molecule has 9 nitrogen and oxygen atoms in total. The maximum Gasteiger partial charge on any atom is 0.407 e. The Balaban J connectivity index is 1.33. The highest BCUT2D eigenvalue weighted by molar-refractivity contribution is 5.83. The smallest absolute Gasteiger partial charge is 0.407 e. The van der Waals surface area contributed by atoms with Crippen molar-refractivity contribution in [1.29, 1.82) is 0 Å². The van der Waals surface area contributed by atoms with Crippen molar-refractivity contribution in [2.75, 3.05) is 40.0 Å². The number of alkyl carbamates (subject to hydrolysis) is 1. The first-order valence-electron chi connectivity index (χ1n) is 11.2. The van der Waals surface area contributed by atoms with Gasteiger partial charge in [-0.3, -0.25) is 9.59 Å². The van der Waals surface area contributed by atoms with Crippen LogP contribution in [0.3, 0.4) is 0 Å². The molecule has 2 amide bonds. The molecule has 2 atom stereocenters. The Kier molecular flexibility index (Phi) is 7.44. The molecule has 0 saturated carbocycles. The Bertz CT molecular complexity index is 1010. The van der Waals surface area contributed by atoms with Gasteiger partial charge in [0.25, 0.3) is 5.91 Å². The van der Waals surface area contributed by atoms with Crippen molar-refractivity contribution in [1.82, 2.24) is 10.2 Å². The van der Waals surface area contributed by atoms with Crippen molar-refractivity contribution in [3.05, 3.63) is 59.7 Å². The first-order valence-corrected chi connectivity index (χ1v) is 11.2. The van der Waals surface area contributed by atoms with E-state index in [1.165, 1.54) is 12.0 Å². The van der Waals surface area contributed by atoms with Crippen LogP contribution in [0.5, 0.6) is 0 Å². The summed E-state index contributed by atoms with van der Waals surface area (Å²) in [5.74, 6) is -1.47. The lowest BCUT2D eigenvalue weighted by atomic mass is 9.98. The number of carbonyl (C=O) groups is 3. The minimum atomic E-state index is -1.01. The van der Waals surface area contributed by atoms with Crippen molar-refractivity contribution in [2.45, 2.75) is 24.5 Å². The summed E-state index contributed by atoms with van der Waals surface area (Å²) in [6, 6.07) is 15.5. The summed E-state index contributed by atoms with van der Waals surface area (Å²) < 4.78 is 16.1. The summed E-state index contributed by atoms with van der Waals surface area (Å²) in [5, 5.41) is 11.7. The van der Waals surface area contributed by atoms with Gasteiger partial charge in [-0.2, -0.15) is 0 Å². The Labute approximate surface area is 197 Å². The van der Waals surface area contributed by atoms with Crippen LogP contribution in [0.2, 0.25) is 0 Å². The summed E-state index contributed by atoms with van der Waals surface area (Å²) in [6.07, 6.45) is -1.84. The number of ether oxygens (including phenoxy) is 3. The fourth-order valence-electron chi connectivity index (χ4n) is 4.60. The van der Waals surface area contributed by atoms with Gasteiger partial charge in [0.15, 0.2) is 6.10 Å². The molecule has 180 valence electrons. The molecule has 0 spiro atoms. The summed E-state index contributed by atoms with van der Waals surface area (Å²) in [6.45, 7) is 0.798. The molecule has 4 rings (SSSR count). The zero-order valence-electron chi connectivity index (χ0n) is 18.9. The average Bonchev–Trinajstić information content (AvgIpc) is 3.16. The molecule has 0 aromatic heterocycles. The van der Waals surface area contributed by atoms with E-state index in [1.807, 2.05) is 36.4 Å². The third kappa shape index (κ3) is 5.05. The number of aliphatic carboxylic acids is 1. The Morgan fingerprint density at radius 1 is 1.12 bits per heavy atom. The van der Waals surface area contributed by atoms with Crippen molar-refractivity contribution in [3.63, 3.8) is 0 Å². The van der Waals surface area contributed by atoms with Gasteiger partial charge in [0, 0.05) is 19.6 Å². The zero-order valence-corrected chi connectivity index (χ0v) is 18.9. The van der Waals surface area contributed by atoms with Gasteiger partial charge in [0.2, 0.25) is 0 Å². The lowest BCUT2D eigenvalue weighted by Gasteiger charge is -2.36. The summed E-state index contributed by atoms with van der Waals surface area (Å²) in [4.78, 5) is 38.0. The second-order valence-electron chi connectivity index (χ2n) is 8.29. The molecule has 0 radical (unpaired) electrons. The van der Waals surface area contributed by atoms with Crippen molar-refractivity contribution < 1.29 is 33.7 Å². The van der Waals surface area contributed by atoms with E-state index in [2.05, 4.69) is 17.4 Å². The van der Waals surface area contributed by atoms with E-state index >= 15 is 0 Å². The normalized spacial score (nSPS) is 18.0. The van der Waals surface area contributed by atoms with Gasteiger partial charge >= 0.3 is 12.1 Å².